The summed E-state index contributed by atoms with van der Waals surface area (Å²) in [5, 5.41) is 2.71. The van der Waals surface area contributed by atoms with Gasteiger partial charge >= 0.3 is 0 Å². The van der Waals surface area contributed by atoms with Crippen molar-refractivity contribution in [3.8, 4) is 0 Å². The molecule has 20 heavy (non-hydrogen) atoms. The number of hydrogen-bond acceptors (Lipinski definition) is 3. The monoisotopic (exact) mass is 269 g/mol. The number of fused-ring (bicyclic) bond motifs is 1. The first kappa shape index (κ1) is 12.6. The molecule has 0 bridgehead atoms. The number of nitrogens with one attached hydrogen (secondary N) is 1. The predicted molar refractivity (Wildman–Crippen MR) is 75.8 cm³/mol. The van der Waals surface area contributed by atoms with Crippen LogP contribution in [-0.2, 0) is 13.0 Å². The number of carbonyl (C=O) groups is 1. The van der Waals surface area contributed by atoms with Crippen LogP contribution in [0.25, 0.3) is 0 Å². The van der Waals surface area contributed by atoms with Crippen LogP contribution in [0, 0.1) is 0 Å². The highest BCUT2D eigenvalue weighted by molar-refractivity contribution is 6.03. The Kier molecular flexibility index (Phi) is 3.33. The minimum atomic E-state index is -0.408. The van der Waals surface area contributed by atoms with E-state index in [9.17, 15) is 9.59 Å². The number of rotatable bonds is 2. The van der Waals surface area contributed by atoms with Crippen molar-refractivity contribution in [3.63, 3.8) is 0 Å². The maximum absolute atomic E-state index is 12.3. The topological polar surface area (TPSA) is 64.0 Å². The molecule has 2 aromatic rings. The number of para-hydroxylation sites is 1. The van der Waals surface area contributed by atoms with Gasteiger partial charge in [0.15, 0.2) is 0 Å². The van der Waals surface area contributed by atoms with Gasteiger partial charge in [0, 0.05) is 24.8 Å². The molecule has 5 nitrogen and oxygen atoms in total. The molecule has 0 unspecified atom stereocenters. The molecule has 1 aromatic carbocycles. The third-order valence-corrected chi connectivity index (χ3v) is 3.44. The summed E-state index contributed by atoms with van der Waals surface area (Å²) >= 11 is 0. The normalized spacial score (nSPS) is 13.6. The first-order valence-corrected chi connectivity index (χ1v) is 6.71. The lowest BCUT2D eigenvalue weighted by molar-refractivity contribution is 0.102. The maximum atomic E-state index is 12.3. The van der Waals surface area contributed by atoms with Crippen molar-refractivity contribution < 1.29 is 4.79 Å². The molecule has 0 saturated heterocycles. The Balaban J connectivity index is 1.91. The summed E-state index contributed by atoms with van der Waals surface area (Å²) in [4.78, 5) is 28.7. The molecule has 0 fully saturated rings. The van der Waals surface area contributed by atoms with Crippen molar-refractivity contribution in [2.45, 2.75) is 25.8 Å². The highest BCUT2D eigenvalue weighted by Gasteiger charge is 2.18. The minimum Gasteiger partial charge on any atom is -0.322 e. The maximum Gasteiger partial charge on any atom is 0.266 e. The van der Waals surface area contributed by atoms with Crippen molar-refractivity contribution in [1.29, 1.82) is 0 Å². The number of benzene rings is 1. The van der Waals surface area contributed by atoms with Gasteiger partial charge in [-0.3, -0.25) is 14.2 Å². The van der Waals surface area contributed by atoms with Gasteiger partial charge < -0.3 is 5.32 Å². The van der Waals surface area contributed by atoms with Crippen LogP contribution in [0.3, 0.4) is 0 Å². The summed E-state index contributed by atoms with van der Waals surface area (Å²) in [6, 6.07) is 9.08. The number of carbonyl (C=O) groups excluding carboxylic acids is 1. The molecular formula is C15H15N3O2. The van der Waals surface area contributed by atoms with E-state index < -0.39 is 5.91 Å². The second kappa shape index (κ2) is 5.28. The molecule has 0 atom stereocenters. The van der Waals surface area contributed by atoms with Crippen LogP contribution in [0.1, 0.15) is 29.0 Å². The van der Waals surface area contributed by atoms with Gasteiger partial charge in [0.05, 0.1) is 0 Å². The average molecular weight is 269 g/mol. The standard InChI is InChI=1S/C15H15N3O2/c19-14(17-11-6-2-1-3-7-11)12-10-16-13-8-4-5-9-18(13)15(12)20/h1-3,6-7,10H,4-5,8-9H2,(H,17,19). The SMILES string of the molecule is O=C(Nc1ccccc1)c1cnc2n(c1=O)CCCC2. The van der Waals surface area contributed by atoms with E-state index in [0.29, 0.717) is 12.2 Å². The number of hydrogen-bond donors (Lipinski definition) is 1. The molecule has 3 rings (SSSR count). The average Bonchev–Trinajstić information content (AvgIpc) is 2.49. The zero-order valence-corrected chi connectivity index (χ0v) is 11.0. The van der Waals surface area contributed by atoms with Gasteiger partial charge in [-0.25, -0.2) is 4.98 Å². The van der Waals surface area contributed by atoms with E-state index in [1.165, 1.54) is 6.20 Å². The molecule has 0 spiro atoms. The minimum absolute atomic E-state index is 0.0968. The zero-order valence-electron chi connectivity index (χ0n) is 11.0. The Hall–Kier alpha value is -2.43. The third kappa shape index (κ3) is 2.34. The molecular weight excluding hydrogens is 254 g/mol. The second-order valence-electron chi connectivity index (χ2n) is 4.82. The zero-order chi connectivity index (χ0) is 13.9. The Morgan fingerprint density at radius 2 is 2.00 bits per heavy atom. The van der Waals surface area contributed by atoms with Crippen molar-refractivity contribution >= 4 is 11.6 Å². The third-order valence-electron chi connectivity index (χ3n) is 3.44. The first-order chi connectivity index (χ1) is 9.75. The highest BCUT2D eigenvalue weighted by atomic mass is 16.2. The fourth-order valence-corrected chi connectivity index (χ4v) is 2.39. The predicted octanol–water partition coefficient (Wildman–Crippen LogP) is 1.83. The van der Waals surface area contributed by atoms with Gasteiger partial charge in [0.25, 0.3) is 11.5 Å². The van der Waals surface area contributed by atoms with E-state index >= 15 is 0 Å². The van der Waals surface area contributed by atoms with Crippen molar-refractivity contribution in [3.05, 3.63) is 58.3 Å². The van der Waals surface area contributed by atoms with E-state index in [-0.39, 0.29) is 11.1 Å². The summed E-state index contributed by atoms with van der Waals surface area (Å²) in [7, 11) is 0. The van der Waals surface area contributed by atoms with E-state index in [0.717, 1.165) is 25.1 Å². The Morgan fingerprint density at radius 3 is 2.80 bits per heavy atom. The summed E-state index contributed by atoms with van der Waals surface area (Å²) in [5.41, 5.74) is 0.516. The number of amides is 1. The molecule has 1 aromatic heterocycles. The van der Waals surface area contributed by atoms with Crippen LogP contribution in [0.4, 0.5) is 5.69 Å². The number of anilines is 1. The summed E-state index contributed by atoms with van der Waals surface area (Å²) in [6.45, 7) is 0.646. The first-order valence-electron chi connectivity index (χ1n) is 6.71. The van der Waals surface area contributed by atoms with Crippen LogP contribution in [-0.4, -0.2) is 15.5 Å². The van der Waals surface area contributed by atoms with E-state index in [1.807, 2.05) is 18.2 Å². The molecule has 1 N–H and O–H groups in total. The summed E-state index contributed by atoms with van der Waals surface area (Å²) < 4.78 is 1.61. The van der Waals surface area contributed by atoms with Gasteiger partial charge in [-0.2, -0.15) is 0 Å². The van der Waals surface area contributed by atoms with Gasteiger partial charge in [0.1, 0.15) is 11.4 Å². The molecule has 0 saturated carbocycles. The Labute approximate surface area is 116 Å². The summed E-state index contributed by atoms with van der Waals surface area (Å²) in [6.07, 6.45) is 4.19. The lowest BCUT2D eigenvalue weighted by Crippen LogP contribution is -2.33. The van der Waals surface area contributed by atoms with Gasteiger partial charge in [0.2, 0.25) is 0 Å². The summed E-state index contributed by atoms with van der Waals surface area (Å²) in [5.74, 6) is 0.368. The van der Waals surface area contributed by atoms with Gasteiger partial charge in [-0.1, -0.05) is 18.2 Å². The lowest BCUT2D eigenvalue weighted by atomic mass is 10.1. The van der Waals surface area contributed by atoms with E-state index in [2.05, 4.69) is 10.3 Å². The fraction of sp³-hybridized carbons (Fsp3) is 0.267. The molecule has 1 aliphatic rings. The van der Waals surface area contributed by atoms with E-state index in [1.54, 1.807) is 16.7 Å². The van der Waals surface area contributed by atoms with Crippen LogP contribution in [0.15, 0.2) is 41.3 Å². The fourth-order valence-electron chi connectivity index (χ4n) is 2.39. The lowest BCUT2D eigenvalue weighted by Gasteiger charge is -2.17. The largest absolute Gasteiger partial charge is 0.322 e. The van der Waals surface area contributed by atoms with Crippen molar-refractivity contribution in [1.82, 2.24) is 9.55 Å². The van der Waals surface area contributed by atoms with Crippen LogP contribution in [0.5, 0.6) is 0 Å². The van der Waals surface area contributed by atoms with Gasteiger partial charge in [-0.05, 0) is 25.0 Å². The van der Waals surface area contributed by atoms with Crippen molar-refractivity contribution in [2.24, 2.45) is 0 Å². The second-order valence-corrected chi connectivity index (χ2v) is 4.82. The molecule has 5 heteroatoms. The number of aromatic nitrogens is 2. The molecule has 0 aliphatic carbocycles. The molecule has 2 heterocycles. The highest BCUT2D eigenvalue weighted by Crippen LogP contribution is 2.11. The molecule has 1 amide bonds. The Bertz CT molecular complexity index is 692. The smallest absolute Gasteiger partial charge is 0.266 e. The van der Waals surface area contributed by atoms with Crippen LogP contribution < -0.4 is 10.9 Å². The number of nitrogens with zero attached hydrogens (tertiary/aromatic N) is 2. The molecule has 102 valence electrons. The van der Waals surface area contributed by atoms with Crippen LogP contribution in [0.2, 0.25) is 0 Å². The van der Waals surface area contributed by atoms with E-state index in [4.69, 9.17) is 0 Å². The molecule has 0 radical (unpaired) electrons. The molecule has 1 aliphatic heterocycles. The van der Waals surface area contributed by atoms with Crippen LogP contribution >= 0.6 is 0 Å². The van der Waals surface area contributed by atoms with Crippen molar-refractivity contribution in [2.75, 3.05) is 5.32 Å². The Morgan fingerprint density at radius 1 is 1.20 bits per heavy atom. The van der Waals surface area contributed by atoms with Gasteiger partial charge in [-0.15, -0.1) is 0 Å². The number of aryl methyl sites for hydroxylation is 1. The quantitative estimate of drug-likeness (QED) is 0.904.